The van der Waals surface area contributed by atoms with E-state index in [0.717, 1.165) is 19.7 Å². The fraction of sp³-hybridized carbons (Fsp3) is 0.500. The van der Waals surface area contributed by atoms with Crippen molar-refractivity contribution >= 4 is 60.9 Å². The number of thiophene rings is 1. The van der Waals surface area contributed by atoms with Crippen LogP contribution < -0.4 is 5.32 Å². The predicted octanol–water partition coefficient (Wildman–Crippen LogP) is 3.90. The van der Waals surface area contributed by atoms with Crippen molar-refractivity contribution in [2.24, 2.45) is 0 Å². The van der Waals surface area contributed by atoms with E-state index in [1.165, 1.54) is 24.2 Å². The van der Waals surface area contributed by atoms with Gasteiger partial charge in [0.2, 0.25) is 0 Å². The molecule has 0 unspecified atom stereocenters. The molecule has 1 heterocycles. The molecule has 1 fully saturated rings. The minimum absolute atomic E-state index is 0.0247. The Morgan fingerprint density at radius 1 is 1.62 bits per heavy atom. The van der Waals surface area contributed by atoms with Gasteiger partial charge in [-0.25, -0.2) is 0 Å². The maximum Gasteiger partial charge on any atom is 0.261 e. The van der Waals surface area contributed by atoms with E-state index in [1.807, 2.05) is 17.8 Å². The third-order valence-corrected chi connectivity index (χ3v) is 7.35. The molecule has 1 aromatic heterocycles. The number of halogens is 2. The second kappa shape index (κ2) is 5.00. The molecule has 0 radical (unpaired) electrons. The summed E-state index contributed by atoms with van der Waals surface area (Å²) in [6.45, 7) is 0.778. The van der Waals surface area contributed by atoms with E-state index in [-0.39, 0.29) is 5.91 Å². The molecule has 0 bridgehead atoms. The molecular formula is C10H11Br2NOS2. The predicted molar refractivity (Wildman–Crippen MR) is 77.5 cm³/mol. The Balaban J connectivity index is 1.93. The zero-order valence-corrected chi connectivity index (χ0v) is 13.5. The second-order valence-electron chi connectivity index (χ2n) is 3.80. The smallest absolute Gasteiger partial charge is 0.261 e. The van der Waals surface area contributed by atoms with Crippen LogP contribution in [0.4, 0.5) is 0 Å². The van der Waals surface area contributed by atoms with Crippen molar-refractivity contribution in [1.29, 1.82) is 0 Å². The molecule has 0 spiro atoms. The summed E-state index contributed by atoms with van der Waals surface area (Å²) in [4.78, 5) is 12.6. The molecule has 1 aromatic rings. The van der Waals surface area contributed by atoms with Gasteiger partial charge in [-0.15, -0.1) is 11.3 Å². The summed E-state index contributed by atoms with van der Waals surface area (Å²) in [7, 11) is 0. The lowest BCUT2D eigenvalue weighted by Crippen LogP contribution is -2.31. The number of hydrogen-bond acceptors (Lipinski definition) is 3. The van der Waals surface area contributed by atoms with Crippen LogP contribution in [0.1, 0.15) is 22.5 Å². The Kier molecular flexibility index (Phi) is 4.04. The molecular weight excluding hydrogens is 374 g/mol. The van der Waals surface area contributed by atoms with Crippen LogP contribution in [0.5, 0.6) is 0 Å². The lowest BCUT2D eigenvalue weighted by atomic mass is 10.4. The fourth-order valence-electron chi connectivity index (χ4n) is 1.38. The quantitative estimate of drug-likeness (QED) is 0.852. The van der Waals surface area contributed by atoms with E-state index in [1.54, 1.807) is 0 Å². The Bertz CT molecular complexity index is 395. The topological polar surface area (TPSA) is 29.1 Å². The van der Waals surface area contributed by atoms with Crippen molar-refractivity contribution in [3.63, 3.8) is 0 Å². The summed E-state index contributed by atoms with van der Waals surface area (Å²) in [5.41, 5.74) is 0. The van der Waals surface area contributed by atoms with Crippen molar-refractivity contribution in [3.05, 3.63) is 19.2 Å². The van der Waals surface area contributed by atoms with Gasteiger partial charge in [-0.05, 0) is 57.0 Å². The largest absolute Gasteiger partial charge is 0.350 e. The maximum atomic E-state index is 11.8. The van der Waals surface area contributed by atoms with Crippen molar-refractivity contribution in [2.45, 2.75) is 17.6 Å². The van der Waals surface area contributed by atoms with Gasteiger partial charge in [0.15, 0.2) is 0 Å². The fourth-order valence-corrected chi connectivity index (χ4v) is 4.06. The first kappa shape index (κ1) is 12.9. The number of nitrogens with one attached hydrogen (secondary N) is 1. The highest BCUT2D eigenvalue weighted by atomic mass is 79.9. The van der Waals surface area contributed by atoms with Gasteiger partial charge in [-0.1, -0.05) is 0 Å². The number of carbonyl (C=O) groups is 1. The van der Waals surface area contributed by atoms with Crippen LogP contribution in [0, 0.1) is 0 Å². The Morgan fingerprint density at radius 3 is 2.75 bits per heavy atom. The lowest BCUT2D eigenvalue weighted by Gasteiger charge is -2.12. The van der Waals surface area contributed by atoms with E-state index in [0.29, 0.717) is 4.75 Å². The van der Waals surface area contributed by atoms with Gasteiger partial charge in [0, 0.05) is 15.8 Å². The molecule has 0 saturated heterocycles. The summed E-state index contributed by atoms with van der Waals surface area (Å²) in [6, 6.07) is 1.85. The zero-order chi connectivity index (χ0) is 11.8. The van der Waals surface area contributed by atoms with E-state index in [9.17, 15) is 4.79 Å². The first-order chi connectivity index (χ1) is 7.56. The van der Waals surface area contributed by atoms with E-state index in [2.05, 4.69) is 43.4 Å². The van der Waals surface area contributed by atoms with Gasteiger partial charge >= 0.3 is 0 Å². The summed E-state index contributed by atoms with van der Waals surface area (Å²) >= 11 is 10.1. The third kappa shape index (κ3) is 2.83. The molecule has 1 saturated carbocycles. The molecule has 6 heteroatoms. The third-order valence-electron chi connectivity index (χ3n) is 2.68. The number of thioether (sulfide) groups is 1. The van der Waals surface area contributed by atoms with Gasteiger partial charge in [-0.3, -0.25) is 4.79 Å². The molecule has 0 aliphatic heterocycles. The van der Waals surface area contributed by atoms with Crippen molar-refractivity contribution in [1.82, 2.24) is 5.32 Å². The molecule has 0 aromatic carbocycles. The maximum absolute atomic E-state index is 11.8. The summed E-state index contributed by atoms with van der Waals surface area (Å²) in [6.07, 6.45) is 4.54. The number of rotatable bonds is 4. The molecule has 2 nitrogen and oxygen atoms in total. The number of hydrogen-bond donors (Lipinski definition) is 1. The van der Waals surface area contributed by atoms with Gasteiger partial charge < -0.3 is 5.32 Å². The standard InChI is InChI=1S/C10H11Br2NOS2/c1-15-10(2-3-10)5-13-9(14)7-4-6(11)8(12)16-7/h4H,2-3,5H2,1H3,(H,13,14). The molecule has 2 rings (SSSR count). The van der Waals surface area contributed by atoms with E-state index >= 15 is 0 Å². The molecule has 1 amide bonds. The summed E-state index contributed by atoms with van der Waals surface area (Å²) in [5.74, 6) is 0.0247. The average molecular weight is 385 g/mol. The molecule has 1 N–H and O–H groups in total. The minimum Gasteiger partial charge on any atom is -0.350 e. The van der Waals surface area contributed by atoms with Crippen LogP contribution >= 0.6 is 55.0 Å². The van der Waals surface area contributed by atoms with Crippen LogP contribution in [0.25, 0.3) is 0 Å². The SMILES string of the molecule is CSC1(CNC(=O)c2cc(Br)c(Br)s2)CC1. The summed E-state index contributed by atoms with van der Waals surface area (Å²) in [5, 5.41) is 3.00. The highest BCUT2D eigenvalue weighted by Crippen LogP contribution is 2.46. The molecule has 16 heavy (non-hydrogen) atoms. The molecule has 1 aliphatic rings. The first-order valence-corrected chi connectivity index (χ1v) is 8.47. The van der Waals surface area contributed by atoms with E-state index < -0.39 is 0 Å². The van der Waals surface area contributed by atoms with Gasteiger partial charge in [0.05, 0.1) is 8.66 Å². The summed E-state index contributed by atoms with van der Waals surface area (Å²) < 4.78 is 2.22. The van der Waals surface area contributed by atoms with Gasteiger partial charge in [0.25, 0.3) is 5.91 Å². The van der Waals surface area contributed by atoms with E-state index in [4.69, 9.17) is 0 Å². The monoisotopic (exact) mass is 383 g/mol. The second-order valence-corrected chi connectivity index (χ2v) is 8.30. The van der Waals surface area contributed by atoms with Gasteiger partial charge in [-0.2, -0.15) is 11.8 Å². The first-order valence-electron chi connectivity index (χ1n) is 4.84. The zero-order valence-electron chi connectivity index (χ0n) is 8.68. The lowest BCUT2D eigenvalue weighted by molar-refractivity contribution is 0.0957. The molecule has 0 atom stereocenters. The van der Waals surface area contributed by atoms with Crippen molar-refractivity contribution in [3.8, 4) is 0 Å². The van der Waals surface area contributed by atoms with Crippen LogP contribution in [0.15, 0.2) is 14.3 Å². The van der Waals surface area contributed by atoms with Crippen LogP contribution in [0.2, 0.25) is 0 Å². The normalized spacial score (nSPS) is 17.2. The highest BCUT2D eigenvalue weighted by molar-refractivity contribution is 9.13. The van der Waals surface area contributed by atoms with Crippen LogP contribution in [-0.4, -0.2) is 23.5 Å². The van der Waals surface area contributed by atoms with Crippen LogP contribution in [-0.2, 0) is 0 Å². The van der Waals surface area contributed by atoms with Gasteiger partial charge in [0.1, 0.15) is 0 Å². The van der Waals surface area contributed by atoms with Crippen LogP contribution in [0.3, 0.4) is 0 Å². The van der Waals surface area contributed by atoms with Crippen molar-refractivity contribution < 1.29 is 4.79 Å². The minimum atomic E-state index is 0.0247. The number of amides is 1. The Morgan fingerprint density at radius 2 is 2.31 bits per heavy atom. The molecule has 1 aliphatic carbocycles. The Hall–Kier alpha value is 0.480. The average Bonchev–Trinajstić information content (AvgIpc) is 2.98. The van der Waals surface area contributed by atoms with Crippen molar-refractivity contribution in [2.75, 3.05) is 12.8 Å². The highest BCUT2D eigenvalue weighted by Gasteiger charge is 2.42. The molecule has 88 valence electrons. The number of carbonyl (C=O) groups excluding carboxylic acids is 1. The Labute approximate surface area is 120 Å².